The van der Waals surface area contributed by atoms with Crippen molar-refractivity contribution in [1.29, 1.82) is 0 Å². The molecule has 0 atom stereocenters. The molecular formula is C21H19NO6. The Kier molecular flexibility index (Phi) is 5.17. The summed E-state index contributed by atoms with van der Waals surface area (Å²) in [5.74, 6) is -0.648. The van der Waals surface area contributed by atoms with E-state index in [9.17, 15) is 19.5 Å². The lowest BCUT2D eigenvalue weighted by atomic mass is 10.1. The third kappa shape index (κ3) is 3.46. The molecule has 1 heterocycles. The zero-order valence-electron chi connectivity index (χ0n) is 15.7. The van der Waals surface area contributed by atoms with Crippen LogP contribution in [0.3, 0.4) is 0 Å². The lowest BCUT2D eigenvalue weighted by Crippen LogP contribution is -2.28. The SMILES string of the molecule is COc1cc(/C=C2\CC(=O)N(c3ccc(C(C)=O)cc3)C2=O)cc(OC)c1O. The van der Waals surface area contributed by atoms with Gasteiger partial charge in [-0.2, -0.15) is 0 Å². The maximum absolute atomic E-state index is 12.8. The molecule has 0 unspecified atom stereocenters. The minimum atomic E-state index is -0.438. The van der Waals surface area contributed by atoms with Gasteiger partial charge in [-0.05, 0) is 55.0 Å². The summed E-state index contributed by atoms with van der Waals surface area (Å²) in [6.07, 6.45) is 1.51. The van der Waals surface area contributed by atoms with Gasteiger partial charge >= 0.3 is 0 Å². The van der Waals surface area contributed by atoms with Gasteiger partial charge in [0.2, 0.25) is 11.7 Å². The van der Waals surface area contributed by atoms with Gasteiger partial charge in [-0.1, -0.05) is 0 Å². The molecule has 3 rings (SSSR count). The summed E-state index contributed by atoms with van der Waals surface area (Å²) in [5, 5.41) is 10.00. The second kappa shape index (κ2) is 7.56. The zero-order valence-corrected chi connectivity index (χ0v) is 15.7. The minimum absolute atomic E-state index is 0.0567. The van der Waals surface area contributed by atoms with E-state index in [1.165, 1.54) is 21.1 Å². The molecule has 0 aromatic heterocycles. The Balaban J connectivity index is 1.94. The summed E-state index contributed by atoms with van der Waals surface area (Å²) in [6.45, 7) is 1.45. The van der Waals surface area contributed by atoms with Crippen molar-refractivity contribution in [2.24, 2.45) is 0 Å². The number of rotatable bonds is 5. The van der Waals surface area contributed by atoms with Gasteiger partial charge in [0.1, 0.15) is 0 Å². The van der Waals surface area contributed by atoms with E-state index in [1.807, 2.05) is 0 Å². The van der Waals surface area contributed by atoms with Crippen LogP contribution in [-0.4, -0.2) is 36.9 Å². The van der Waals surface area contributed by atoms with Gasteiger partial charge in [-0.15, -0.1) is 0 Å². The first-order chi connectivity index (χ1) is 13.3. The van der Waals surface area contributed by atoms with E-state index >= 15 is 0 Å². The number of benzene rings is 2. The zero-order chi connectivity index (χ0) is 20.4. The van der Waals surface area contributed by atoms with E-state index in [0.717, 1.165) is 4.90 Å². The number of ether oxygens (including phenoxy) is 2. The molecule has 1 fully saturated rings. The Bertz CT molecular complexity index is 965. The summed E-state index contributed by atoms with van der Waals surface area (Å²) < 4.78 is 10.2. The van der Waals surface area contributed by atoms with Crippen LogP contribution in [0.4, 0.5) is 5.69 Å². The number of imide groups is 1. The molecule has 0 saturated carbocycles. The lowest BCUT2D eigenvalue weighted by molar-refractivity contribution is -0.120. The maximum atomic E-state index is 12.8. The van der Waals surface area contributed by atoms with Crippen molar-refractivity contribution < 1.29 is 29.0 Å². The van der Waals surface area contributed by atoms with Crippen molar-refractivity contribution >= 4 is 29.4 Å². The molecule has 2 aromatic rings. The van der Waals surface area contributed by atoms with Crippen LogP contribution in [0.15, 0.2) is 42.0 Å². The van der Waals surface area contributed by atoms with Crippen LogP contribution in [0.1, 0.15) is 29.3 Å². The summed E-state index contributed by atoms with van der Waals surface area (Å²) in [4.78, 5) is 37.7. The van der Waals surface area contributed by atoms with Crippen LogP contribution < -0.4 is 14.4 Å². The van der Waals surface area contributed by atoms with Crippen molar-refractivity contribution in [2.45, 2.75) is 13.3 Å². The number of amides is 2. The standard InChI is InChI=1S/C21H19NO6/c1-12(23)14-4-6-16(7-5-14)22-19(24)11-15(21(22)26)8-13-9-17(27-2)20(25)18(10-13)28-3/h4-10,25H,11H2,1-3H3/b15-8+. The van der Waals surface area contributed by atoms with Crippen LogP contribution in [0.2, 0.25) is 0 Å². The number of phenolic OH excluding ortho intramolecular Hbond substituents is 1. The quantitative estimate of drug-likeness (QED) is 0.486. The number of ketones is 1. The fourth-order valence-electron chi connectivity index (χ4n) is 2.99. The summed E-state index contributed by atoms with van der Waals surface area (Å²) >= 11 is 0. The smallest absolute Gasteiger partial charge is 0.261 e. The molecule has 0 radical (unpaired) electrons. The predicted molar refractivity (Wildman–Crippen MR) is 103 cm³/mol. The Hall–Kier alpha value is -3.61. The van der Waals surface area contributed by atoms with Crippen molar-refractivity contribution in [1.82, 2.24) is 0 Å². The van der Waals surface area contributed by atoms with Gasteiger partial charge < -0.3 is 14.6 Å². The van der Waals surface area contributed by atoms with Gasteiger partial charge in [0.15, 0.2) is 17.3 Å². The fraction of sp³-hybridized carbons (Fsp3) is 0.190. The fourth-order valence-corrected chi connectivity index (χ4v) is 2.99. The Labute approximate surface area is 161 Å². The van der Waals surface area contributed by atoms with E-state index in [1.54, 1.807) is 42.5 Å². The average molecular weight is 381 g/mol. The first-order valence-corrected chi connectivity index (χ1v) is 8.49. The minimum Gasteiger partial charge on any atom is -0.502 e. The van der Waals surface area contributed by atoms with Crippen molar-refractivity contribution in [3.8, 4) is 17.2 Å². The van der Waals surface area contributed by atoms with Crippen LogP contribution >= 0.6 is 0 Å². The van der Waals surface area contributed by atoms with Crippen molar-refractivity contribution in [3.63, 3.8) is 0 Å². The molecule has 144 valence electrons. The highest BCUT2D eigenvalue weighted by molar-refractivity contribution is 6.29. The van der Waals surface area contributed by atoms with Crippen LogP contribution in [0.25, 0.3) is 6.08 Å². The number of hydrogen-bond donors (Lipinski definition) is 1. The molecule has 2 amide bonds. The number of nitrogens with zero attached hydrogens (tertiary/aromatic N) is 1. The molecule has 0 aliphatic carbocycles. The van der Waals surface area contributed by atoms with Crippen molar-refractivity contribution in [3.05, 3.63) is 53.1 Å². The first-order valence-electron chi connectivity index (χ1n) is 8.49. The van der Waals surface area contributed by atoms with E-state index in [2.05, 4.69) is 0 Å². The molecule has 28 heavy (non-hydrogen) atoms. The molecule has 1 N–H and O–H groups in total. The van der Waals surface area contributed by atoms with E-state index in [-0.39, 0.29) is 35.4 Å². The molecule has 1 aliphatic rings. The van der Waals surface area contributed by atoms with Gasteiger partial charge in [-0.3, -0.25) is 14.4 Å². The maximum Gasteiger partial charge on any atom is 0.261 e. The van der Waals surface area contributed by atoms with Crippen LogP contribution in [0, 0.1) is 0 Å². The summed E-state index contributed by atoms with van der Waals surface area (Å²) in [7, 11) is 2.81. The Morgan fingerprint density at radius 2 is 1.64 bits per heavy atom. The molecule has 7 nitrogen and oxygen atoms in total. The van der Waals surface area contributed by atoms with E-state index in [0.29, 0.717) is 22.4 Å². The van der Waals surface area contributed by atoms with Gasteiger partial charge in [0.25, 0.3) is 5.91 Å². The lowest BCUT2D eigenvalue weighted by Gasteiger charge is -2.13. The third-order valence-electron chi connectivity index (χ3n) is 4.44. The van der Waals surface area contributed by atoms with E-state index in [4.69, 9.17) is 9.47 Å². The molecule has 0 spiro atoms. The summed E-state index contributed by atoms with van der Waals surface area (Å²) in [5.41, 5.74) is 1.76. The second-order valence-corrected chi connectivity index (χ2v) is 6.26. The molecule has 1 aliphatic heterocycles. The van der Waals surface area contributed by atoms with Crippen molar-refractivity contribution in [2.75, 3.05) is 19.1 Å². The largest absolute Gasteiger partial charge is 0.502 e. The number of aromatic hydroxyl groups is 1. The highest BCUT2D eigenvalue weighted by atomic mass is 16.5. The normalized spacial score (nSPS) is 15.2. The Morgan fingerprint density at radius 3 is 2.14 bits per heavy atom. The molecule has 0 bridgehead atoms. The van der Waals surface area contributed by atoms with Gasteiger partial charge in [-0.25, -0.2) is 4.90 Å². The highest BCUT2D eigenvalue weighted by Crippen LogP contribution is 2.38. The van der Waals surface area contributed by atoms with E-state index < -0.39 is 5.91 Å². The predicted octanol–water partition coefficient (Wildman–Crippen LogP) is 2.96. The average Bonchev–Trinajstić information content (AvgIpc) is 2.96. The monoisotopic (exact) mass is 381 g/mol. The number of hydrogen-bond acceptors (Lipinski definition) is 6. The second-order valence-electron chi connectivity index (χ2n) is 6.26. The number of methoxy groups -OCH3 is 2. The third-order valence-corrected chi connectivity index (χ3v) is 4.44. The number of carbonyl (C=O) groups excluding carboxylic acids is 3. The number of phenols is 1. The molecule has 2 aromatic carbocycles. The van der Waals surface area contributed by atoms with Crippen LogP contribution in [-0.2, 0) is 9.59 Å². The number of Topliss-reactive ketones (excluding diaryl/α,β-unsaturated/α-hetero) is 1. The highest BCUT2D eigenvalue weighted by Gasteiger charge is 2.35. The number of carbonyl (C=O) groups is 3. The topological polar surface area (TPSA) is 93.1 Å². The summed E-state index contributed by atoms with van der Waals surface area (Å²) in [6, 6.07) is 9.40. The van der Waals surface area contributed by atoms with Gasteiger partial charge in [0, 0.05) is 11.1 Å². The molecule has 1 saturated heterocycles. The molecule has 7 heteroatoms. The van der Waals surface area contributed by atoms with Gasteiger partial charge in [0.05, 0.1) is 26.3 Å². The number of anilines is 1. The Morgan fingerprint density at radius 1 is 1.07 bits per heavy atom. The van der Waals surface area contributed by atoms with Crippen LogP contribution in [0.5, 0.6) is 17.2 Å². The molecular weight excluding hydrogens is 362 g/mol. The first kappa shape index (κ1) is 19.2.